The number of halogens is 4. The highest BCUT2D eigenvalue weighted by atomic mass is 127. The van der Waals surface area contributed by atoms with E-state index < -0.39 is 0 Å². The van der Waals surface area contributed by atoms with Gasteiger partial charge in [0.25, 0.3) is 0 Å². The Bertz CT molecular complexity index is 627. The normalized spacial score (nSPS) is 10.8. The molecule has 0 amide bonds. The van der Waals surface area contributed by atoms with E-state index in [9.17, 15) is 4.39 Å². The zero-order valence-corrected chi connectivity index (χ0v) is 14.3. The third-order valence-corrected chi connectivity index (χ3v) is 4.75. The molecule has 19 heavy (non-hydrogen) atoms. The van der Waals surface area contributed by atoms with Crippen LogP contribution in [0.3, 0.4) is 0 Å². The van der Waals surface area contributed by atoms with E-state index in [2.05, 4.69) is 48.5 Å². The second kappa shape index (κ2) is 6.43. The maximum absolute atomic E-state index is 13.3. The van der Waals surface area contributed by atoms with Gasteiger partial charge in [0.2, 0.25) is 0 Å². The number of hydrogen-bond acceptors (Lipinski definition) is 3. The smallest absolute Gasteiger partial charge is 0.162 e. The number of hydrogen-bond donors (Lipinski definition) is 0. The van der Waals surface area contributed by atoms with E-state index in [-0.39, 0.29) is 5.82 Å². The molecular formula is C12H8BrClFIN2O. The lowest BCUT2D eigenvalue weighted by Gasteiger charge is -2.09. The van der Waals surface area contributed by atoms with Gasteiger partial charge in [0, 0.05) is 17.1 Å². The van der Waals surface area contributed by atoms with Crippen molar-refractivity contribution in [3.63, 3.8) is 0 Å². The van der Waals surface area contributed by atoms with Crippen LogP contribution in [0.2, 0.25) is 5.15 Å². The minimum Gasteiger partial charge on any atom is -0.378 e. The molecule has 3 nitrogen and oxygen atoms in total. The predicted molar refractivity (Wildman–Crippen MR) is 83.6 cm³/mol. The van der Waals surface area contributed by atoms with Crippen molar-refractivity contribution in [2.75, 3.05) is 7.11 Å². The molecule has 0 aliphatic heterocycles. The highest BCUT2D eigenvalue weighted by Gasteiger charge is 2.14. The summed E-state index contributed by atoms with van der Waals surface area (Å²) in [6, 6.07) is 4.33. The van der Waals surface area contributed by atoms with Gasteiger partial charge in [-0.2, -0.15) is 0 Å². The Morgan fingerprint density at radius 1 is 1.42 bits per heavy atom. The molecule has 0 atom stereocenters. The molecule has 2 aromatic rings. The van der Waals surface area contributed by atoms with Crippen LogP contribution < -0.4 is 0 Å². The van der Waals surface area contributed by atoms with Crippen LogP contribution in [0, 0.1) is 9.39 Å². The van der Waals surface area contributed by atoms with E-state index in [0.29, 0.717) is 33.3 Å². The number of benzene rings is 1. The molecule has 0 aliphatic rings. The maximum Gasteiger partial charge on any atom is 0.162 e. The molecule has 2 rings (SSSR count). The number of rotatable bonds is 3. The van der Waals surface area contributed by atoms with Crippen LogP contribution in [0.25, 0.3) is 11.4 Å². The molecule has 0 saturated heterocycles. The van der Waals surface area contributed by atoms with Crippen LogP contribution >= 0.6 is 50.1 Å². The summed E-state index contributed by atoms with van der Waals surface area (Å²) in [5, 5.41) is 0.328. The van der Waals surface area contributed by atoms with Crippen molar-refractivity contribution >= 4 is 50.1 Å². The fourth-order valence-electron chi connectivity index (χ4n) is 1.48. The van der Waals surface area contributed by atoms with Gasteiger partial charge in [-0.05, 0) is 40.8 Å². The van der Waals surface area contributed by atoms with E-state index in [1.165, 1.54) is 12.1 Å². The van der Waals surface area contributed by atoms with E-state index in [0.717, 1.165) is 3.57 Å². The second-order valence-electron chi connectivity index (χ2n) is 3.66. The van der Waals surface area contributed by atoms with Gasteiger partial charge in [0.1, 0.15) is 11.0 Å². The van der Waals surface area contributed by atoms with E-state index in [1.54, 1.807) is 13.2 Å². The highest BCUT2D eigenvalue weighted by molar-refractivity contribution is 14.1. The minimum atomic E-state index is -0.357. The number of methoxy groups -OCH3 is 1. The summed E-state index contributed by atoms with van der Waals surface area (Å²) in [6.45, 7) is 0.320. The molecule has 0 N–H and O–H groups in total. The third kappa shape index (κ3) is 3.42. The topological polar surface area (TPSA) is 35.0 Å². The second-order valence-corrected chi connectivity index (χ2v) is 5.95. The predicted octanol–water partition coefficient (Wildman–Crippen LogP) is 4.45. The molecule has 0 spiro atoms. The molecule has 100 valence electrons. The van der Waals surface area contributed by atoms with Gasteiger partial charge in [-0.1, -0.05) is 27.5 Å². The zero-order chi connectivity index (χ0) is 14.0. The van der Waals surface area contributed by atoms with Gasteiger partial charge in [0.15, 0.2) is 5.82 Å². The Morgan fingerprint density at radius 2 is 2.16 bits per heavy atom. The first-order valence-corrected chi connectivity index (χ1v) is 7.44. The van der Waals surface area contributed by atoms with Crippen molar-refractivity contribution in [3.8, 4) is 11.4 Å². The zero-order valence-electron chi connectivity index (χ0n) is 9.75. The standard InChI is InChI=1S/C12H8BrClFIN2O/c1-19-5-9-10(16)11(14)18-12(17-9)7-4-6(15)2-3-8(7)13/h2-4H,5H2,1H3. The van der Waals surface area contributed by atoms with Crippen molar-refractivity contribution in [1.29, 1.82) is 0 Å². The Labute approximate surface area is 136 Å². The molecular weight excluding hydrogens is 449 g/mol. The van der Waals surface area contributed by atoms with Gasteiger partial charge in [-0.25, -0.2) is 14.4 Å². The molecule has 1 heterocycles. The summed E-state index contributed by atoms with van der Waals surface area (Å²) in [5.41, 5.74) is 1.23. The molecule has 7 heteroatoms. The quantitative estimate of drug-likeness (QED) is 0.505. The molecule has 0 fully saturated rings. The maximum atomic E-state index is 13.3. The Morgan fingerprint density at radius 3 is 2.84 bits per heavy atom. The van der Waals surface area contributed by atoms with Gasteiger partial charge < -0.3 is 4.74 Å². The van der Waals surface area contributed by atoms with Crippen LogP contribution in [0.5, 0.6) is 0 Å². The molecule has 0 bridgehead atoms. The molecule has 0 saturated carbocycles. The summed E-state index contributed by atoms with van der Waals surface area (Å²) in [4.78, 5) is 8.55. The van der Waals surface area contributed by atoms with Gasteiger partial charge >= 0.3 is 0 Å². The van der Waals surface area contributed by atoms with Gasteiger partial charge in [-0.15, -0.1) is 0 Å². The summed E-state index contributed by atoms with van der Waals surface area (Å²) in [5.74, 6) is 0.00797. The first-order chi connectivity index (χ1) is 9.02. The fourth-order valence-corrected chi connectivity index (χ4v) is 2.49. The van der Waals surface area contributed by atoms with E-state index >= 15 is 0 Å². The summed E-state index contributed by atoms with van der Waals surface area (Å²) in [6.07, 6.45) is 0. The van der Waals surface area contributed by atoms with Crippen LogP contribution in [0.15, 0.2) is 22.7 Å². The number of ether oxygens (including phenoxy) is 1. The van der Waals surface area contributed by atoms with Gasteiger partial charge in [-0.3, -0.25) is 0 Å². The minimum absolute atomic E-state index is 0.320. The Balaban J connectivity index is 2.59. The van der Waals surface area contributed by atoms with Crippen LogP contribution in [-0.4, -0.2) is 17.1 Å². The summed E-state index contributed by atoms with van der Waals surface area (Å²) < 4.78 is 19.8. The van der Waals surface area contributed by atoms with Crippen LogP contribution in [0.4, 0.5) is 4.39 Å². The van der Waals surface area contributed by atoms with Crippen molar-refractivity contribution in [3.05, 3.63) is 42.9 Å². The van der Waals surface area contributed by atoms with Crippen molar-refractivity contribution in [2.45, 2.75) is 6.61 Å². The highest BCUT2D eigenvalue weighted by Crippen LogP contribution is 2.29. The van der Waals surface area contributed by atoms with E-state index in [1.807, 2.05) is 0 Å². The average Bonchev–Trinajstić information content (AvgIpc) is 2.38. The van der Waals surface area contributed by atoms with Crippen molar-refractivity contribution < 1.29 is 9.13 Å². The van der Waals surface area contributed by atoms with Crippen molar-refractivity contribution in [1.82, 2.24) is 9.97 Å². The molecule has 0 aliphatic carbocycles. The number of nitrogens with zero attached hydrogens (tertiary/aromatic N) is 2. The molecule has 0 unspecified atom stereocenters. The van der Waals surface area contributed by atoms with Crippen LogP contribution in [-0.2, 0) is 11.3 Å². The van der Waals surface area contributed by atoms with Crippen LogP contribution in [0.1, 0.15) is 5.69 Å². The van der Waals surface area contributed by atoms with E-state index in [4.69, 9.17) is 16.3 Å². The largest absolute Gasteiger partial charge is 0.378 e. The molecule has 0 radical (unpaired) electrons. The van der Waals surface area contributed by atoms with Gasteiger partial charge in [0.05, 0.1) is 15.9 Å². The number of aromatic nitrogens is 2. The lowest BCUT2D eigenvalue weighted by molar-refractivity contribution is 0.181. The first kappa shape index (κ1) is 15.1. The summed E-state index contributed by atoms with van der Waals surface area (Å²) in [7, 11) is 1.57. The Kier molecular flexibility index (Phi) is 5.10. The average molecular weight is 457 g/mol. The lowest BCUT2D eigenvalue weighted by atomic mass is 10.2. The monoisotopic (exact) mass is 456 g/mol. The lowest BCUT2D eigenvalue weighted by Crippen LogP contribution is -2.02. The fraction of sp³-hybridized carbons (Fsp3) is 0.167. The SMILES string of the molecule is COCc1nc(-c2cc(F)ccc2Br)nc(Cl)c1I. The molecule has 1 aromatic carbocycles. The summed E-state index contributed by atoms with van der Waals surface area (Å²) >= 11 is 11.5. The third-order valence-electron chi connectivity index (χ3n) is 2.33. The first-order valence-electron chi connectivity index (χ1n) is 5.19. The molecule has 1 aromatic heterocycles. The van der Waals surface area contributed by atoms with Crippen molar-refractivity contribution in [2.24, 2.45) is 0 Å². The Hall–Kier alpha value is -0.310.